The molecule has 0 aliphatic carbocycles. The number of piperidine rings is 2. The molecule has 4 nitrogen and oxygen atoms in total. The van der Waals surface area contributed by atoms with Crippen LogP contribution in [-0.4, -0.2) is 53.2 Å². The van der Waals surface area contributed by atoms with Crippen LogP contribution in [0.15, 0.2) is 0 Å². The first-order valence-electron chi connectivity index (χ1n) is 6.49. The van der Waals surface area contributed by atoms with Gasteiger partial charge in [-0.25, -0.2) is 4.79 Å². The Hall–Kier alpha value is -0.770. The number of likely N-dealkylation sites (tertiary alicyclic amines) is 2. The van der Waals surface area contributed by atoms with E-state index in [1.54, 1.807) is 0 Å². The van der Waals surface area contributed by atoms with Gasteiger partial charge < -0.3 is 14.9 Å². The zero-order chi connectivity index (χ0) is 11.4. The van der Waals surface area contributed by atoms with E-state index in [-0.39, 0.29) is 18.7 Å². The molecule has 2 heterocycles. The summed E-state index contributed by atoms with van der Waals surface area (Å²) in [7, 11) is 0. The van der Waals surface area contributed by atoms with E-state index in [1.165, 1.54) is 6.42 Å². The van der Waals surface area contributed by atoms with Gasteiger partial charge in [-0.1, -0.05) is 0 Å². The SMILES string of the molecule is O=C(N1CCCCC1)N1CCCCC1CO. The van der Waals surface area contributed by atoms with Gasteiger partial charge in [-0.3, -0.25) is 0 Å². The van der Waals surface area contributed by atoms with Crippen molar-refractivity contribution >= 4 is 6.03 Å². The van der Waals surface area contributed by atoms with Crippen molar-refractivity contribution in [2.24, 2.45) is 0 Å². The molecule has 0 saturated carbocycles. The number of nitrogens with zero attached hydrogens (tertiary/aromatic N) is 2. The number of aliphatic hydroxyl groups excluding tert-OH is 1. The summed E-state index contributed by atoms with van der Waals surface area (Å²) >= 11 is 0. The molecule has 1 unspecified atom stereocenters. The summed E-state index contributed by atoms with van der Waals surface area (Å²) < 4.78 is 0. The molecular formula is C12H22N2O2. The molecule has 0 aromatic carbocycles. The maximum absolute atomic E-state index is 12.3. The van der Waals surface area contributed by atoms with Crippen LogP contribution >= 0.6 is 0 Å². The lowest BCUT2D eigenvalue weighted by Crippen LogP contribution is -2.52. The molecule has 92 valence electrons. The molecule has 0 radical (unpaired) electrons. The Morgan fingerprint density at radius 2 is 1.75 bits per heavy atom. The minimum Gasteiger partial charge on any atom is -0.394 e. The van der Waals surface area contributed by atoms with E-state index in [4.69, 9.17) is 0 Å². The number of carbonyl (C=O) groups excluding carboxylic acids is 1. The zero-order valence-corrected chi connectivity index (χ0v) is 9.90. The maximum Gasteiger partial charge on any atom is 0.320 e. The third-order valence-electron chi connectivity index (χ3n) is 3.71. The standard InChI is InChI=1S/C12H22N2O2/c15-10-11-6-2-5-9-14(11)12(16)13-7-3-1-4-8-13/h11,15H,1-10H2. The molecule has 2 fully saturated rings. The summed E-state index contributed by atoms with van der Waals surface area (Å²) in [5, 5.41) is 9.30. The summed E-state index contributed by atoms with van der Waals surface area (Å²) in [6.45, 7) is 2.72. The molecule has 0 aromatic heterocycles. The predicted molar refractivity (Wildman–Crippen MR) is 62.3 cm³/mol. The van der Waals surface area contributed by atoms with E-state index in [9.17, 15) is 9.90 Å². The highest BCUT2D eigenvalue weighted by molar-refractivity contribution is 5.75. The van der Waals surface area contributed by atoms with Gasteiger partial charge >= 0.3 is 6.03 Å². The molecule has 1 atom stereocenters. The molecule has 2 amide bonds. The molecule has 2 aliphatic rings. The molecule has 16 heavy (non-hydrogen) atoms. The van der Waals surface area contributed by atoms with Crippen molar-refractivity contribution in [2.45, 2.75) is 44.6 Å². The van der Waals surface area contributed by atoms with Crippen molar-refractivity contribution in [3.63, 3.8) is 0 Å². The van der Waals surface area contributed by atoms with E-state index in [0.717, 1.165) is 51.7 Å². The number of amides is 2. The Morgan fingerprint density at radius 1 is 1.06 bits per heavy atom. The molecule has 2 rings (SSSR count). The predicted octanol–water partition coefficient (Wildman–Crippen LogP) is 1.44. The average molecular weight is 226 g/mol. The van der Waals surface area contributed by atoms with Gasteiger partial charge in [-0.15, -0.1) is 0 Å². The Bertz CT molecular complexity index is 239. The smallest absolute Gasteiger partial charge is 0.320 e. The topological polar surface area (TPSA) is 43.8 Å². The van der Waals surface area contributed by atoms with Crippen molar-refractivity contribution < 1.29 is 9.90 Å². The summed E-state index contributed by atoms with van der Waals surface area (Å²) in [5.41, 5.74) is 0. The second-order valence-corrected chi connectivity index (χ2v) is 4.86. The molecule has 0 bridgehead atoms. The van der Waals surface area contributed by atoms with Crippen LogP contribution in [0.25, 0.3) is 0 Å². The van der Waals surface area contributed by atoms with Gasteiger partial charge in [0.15, 0.2) is 0 Å². The van der Waals surface area contributed by atoms with Crippen molar-refractivity contribution in [1.82, 2.24) is 9.80 Å². The minimum absolute atomic E-state index is 0.0585. The van der Waals surface area contributed by atoms with Gasteiger partial charge in [0, 0.05) is 19.6 Å². The lowest BCUT2D eigenvalue weighted by atomic mass is 10.0. The van der Waals surface area contributed by atoms with E-state index >= 15 is 0 Å². The van der Waals surface area contributed by atoms with Crippen LogP contribution in [-0.2, 0) is 0 Å². The van der Waals surface area contributed by atoms with Crippen molar-refractivity contribution in [3.8, 4) is 0 Å². The molecule has 0 aromatic rings. The maximum atomic E-state index is 12.3. The molecule has 2 aliphatic heterocycles. The van der Waals surface area contributed by atoms with Crippen LogP contribution in [0.2, 0.25) is 0 Å². The Balaban J connectivity index is 1.95. The fraction of sp³-hybridized carbons (Fsp3) is 0.917. The van der Waals surface area contributed by atoms with Gasteiger partial charge in [0.1, 0.15) is 0 Å². The van der Waals surface area contributed by atoms with Gasteiger partial charge in [-0.05, 0) is 38.5 Å². The quantitative estimate of drug-likeness (QED) is 0.735. The fourth-order valence-corrected chi connectivity index (χ4v) is 2.71. The number of hydrogen-bond donors (Lipinski definition) is 1. The molecular weight excluding hydrogens is 204 g/mol. The fourth-order valence-electron chi connectivity index (χ4n) is 2.71. The van der Waals surface area contributed by atoms with E-state index < -0.39 is 0 Å². The first-order valence-corrected chi connectivity index (χ1v) is 6.49. The van der Waals surface area contributed by atoms with E-state index in [1.807, 2.05) is 9.80 Å². The van der Waals surface area contributed by atoms with Crippen molar-refractivity contribution in [3.05, 3.63) is 0 Å². The third kappa shape index (κ3) is 2.48. The van der Waals surface area contributed by atoms with Gasteiger partial charge in [-0.2, -0.15) is 0 Å². The highest BCUT2D eigenvalue weighted by Crippen LogP contribution is 2.20. The zero-order valence-electron chi connectivity index (χ0n) is 9.90. The van der Waals surface area contributed by atoms with Gasteiger partial charge in [0.25, 0.3) is 0 Å². The molecule has 0 spiro atoms. The van der Waals surface area contributed by atoms with E-state index in [2.05, 4.69) is 0 Å². The third-order valence-corrected chi connectivity index (χ3v) is 3.71. The monoisotopic (exact) mass is 226 g/mol. The molecule has 1 N–H and O–H groups in total. The summed E-state index contributed by atoms with van der Waals surface area (Å²) in [6, 6.07) is 0.210. The highest BCUT2D eigenvalue weighted by Gasteiger charge is 2.29. The number of aliphatic hydroxyl groups is 1. The van der Waals surface area contributed by atoms with Crippen LogP contribution < -0.4 is 0 Å². The van der Waals surface area contributed by atoms with E-state index in [0.29, 0.717) is 0 Å². The van der Waals surface area contributed by atoms with Crippen molar-refractivity contribution in [2.75, 3.05) is 26.2 Å². The summed E-state index contributed by atoms with van der Waals surface area (Å²) in [5.74, 6) is 0. The van der Waals surface area contributed by atoms with Crippen LogP contribution in [0, 0.1) is 0 Å². The van der Waals surface area contributed by atoms with Crippen LogP contribution in [0.5, 0.6) is 0 Å². The number of hydrogen-bond acceptors (Lipinski definition) is 2. The summed E-state index contributed by atoms with van der Waals surface area (Å²) in [4.78, 5) is 16.1. The first-order chi connectivity index (χ1) is 7.83. The normalized spacial score (nSPS) is 26.9. The van der Waals surface area contributed by atoms with Crippen LogP contribution in [0.3, 0.4) is 0 Å². The van der Waals surface area contributed by atoms with Gasteiger partial charge in [0.2, 0.25) is 0 Å². The van der Waals surface area contributed by atoms with Crippen molar-refractivity contribution in [1.29, 1.82) is 0 Å². The molecule has 4 heteroatoms. The van der Waals surface area contributed by atoms with Gasteiger partial charge in [0.05, 0.1) is 12.6 Å². The second-order valence-electron chi connectivity index (χ2n) is 4.86. The Kier molecular flexibility index (Phi) is 4.04. The largest absolute Gasteiger partial charge is 0.394 e. The average Bonchev–Trinajstić information content (AvgIpc) is 2.39. The number of carbonyl (C=O) groups is 1. The van der Waals surface area contributed by atoms with Crippen LogP contribution in [0.1, 0.15) is 38.5 Å². The highest BCUT2D eigenvalue weighted by atomic mass is 16.3. The first kappa shape index (κ1) is 11.7. The number of rotatable bonds is 1. The number of urea groups is 1. The Morgan fingerprint density at radius 3 is 2.44 bits per heavy atom. The molecule has 2 saturated heterocycles. The second kappa shape index (κ2) is 5.53. The Labute approximate surface area is 97.2 Å². The lowest BCUT2D eigenvalue weighted by molar-refractivity contribution is 0.0810. The van der Waals surface area contributed by atoms with Crippen LogP contribution in [0.4, 0.5) is 4.79 Å². The lowest BCUT2D eigenvalue weighted by Gasteiger charge is -2.39. The minimum atomic E-state index is 0.0585. The summed E-state index contributed by atoms with van der Waals surface area (Å²) in [6.07, 6.45) is 6.67.